The maximum Gasteiger partial charge on any atom is 0.167 e. The third kappa shape index (κ3) is 3.67. The zero-order chi connectivity index (χ0) is 15.6. The SMILES string of the molecule is CCOc1ccc(N2CC(C(C)(C)C)NCC2C)cc1F. The number of nitrogens with one attached hydrogen (secondary N) is 1. The Morgan fingerprint density at radius 3 is 2.67 bits per heavy atom. The monoisotopic (exact) mass is 294 g/mol. The van der Waals surface area contributed by atoms with Gasteiger partial charge in [-0.25, -0.2) is 4.39 Å². The fourth-order valence-electron chi connectivity index (χ4n) is 2.75. The second-order valence-corrected chi connectivity index (χ2v) is 6.88. The van der Waals surface area contributed by atoms with Gasteiger partial charge in [-0.15, -0.1) is 0 Å². The summed E-state index contributed by atoms with van der Waals surface area (Å²) in [5, 5.41) is 3.59. The Kier molecular flexibility index (Phi) is 4.77. The molecule has 0 amide bonds. The molecular formula is C17H27FN2O. The summed E-state index contributed by atoms with van der Waals surface area (Å²) < 4.78 is 19.4. The van der Waals surface area contributed by atoms with Gasteiger partial charge in [0, 0.05) is 36.9 Å². The lowest BCUT2D eigenvalue weighted by molar-refractivity contribution is 0.238. The van der Waals surface area contributed by atoms with Crippen molar-refractivity contribution in [1.82, 2.24) is 5.32 Å². The molecule has 118 valence electrons. The van der Waals surface area contributed by atoms with Crippen molar-refractivity contribution in [3.05, 3.63) is 24.0 Å². The van der Waals surface area contributed by atoms with Gasteiger partial charge < -0.3 is 15.0 Å². The van der Waals surface area contributed by atoms with E-state index in [9.17, 15) is 4.39 Å². The normalized spacial score (nSPS) is 23.2. The van der Waals surface area contributed by atoms with E-state index in [0.717, 1.165) is 18.8 Å². The molecule has 1 aromatic carbocycles. The Labute approximate surface area is 127 Å². The van der Waals surface area contributed by atoms with E-state index >= 15 is 0 Å². The quantitative estimate of drug-likeness (QED) is 0.924. The highest BCUT2D eigenvalue weighted by Gasteiger charge is 2.32. The lowest BCUT2D eigenvalue weighted by Gasteiger charge is -2.45. The van der Waals surface area contributed by atoms with E-state index in [4.69, 9.17) is 4.74 Å². The average Bonchev–Trinajstić information content (AvgIpc) is 2.40. The molecule has 0 bridgehead atoms. The van der Waals surface area contributed by atoms with E-state index in [1.807, 2.05) is 13.0 Å². The number of ether oxygens (including phenoxy) is 1. The highest BCUT2D eigenvalue weighted by atomic mass is 19.1. The number of rotatable bonds is 3. The highest BCUT2D eigenvalue weighted by Crippen LogP contribution is 2.29. The van der Waals surface area contributed by atoms with Gasteiger partial charge in [0.2, 0.25) is 0 Å². The lowest BCUT2D eigenvalue weighted by atomic mass is 9.84. The third-order valence-electron chi connectivity index (χ3n) is 4.16. The van der Waals surface area contributed by atoms with E-state index in [1.165, 1.54) is 0 Å². The predicted octanol–water partition coefficient (Wildman–Crippen LogP) is 3.44. The number of anilines is 1. The molecule has 0 aromatic heterocycles. The Bertz CT molecular complexity index is 484. The van der Waals surface area contributed by atoms with Crippen molar-refractivity contribution in [3.8, 4) is 5.75 Å². The van der Waals surface area contributed by atoms with Gasteiger partial charge in [-0.3, -0.25) is 0 Å². The maximum atomic E-state index is 14.1. The maximum absolute atomic E-state index is 14.1. The van der Waals surface area contributed by atoms with Gasteiger partial charge in [0.1, 0.15) is 0 Å². The molecule has 1 N–H and O–H groups in total. The van der Waals surface area contributed by atoms with Gasteiger partial charge in [0.15, 0.2) is 11.6 Å². The first-order chi connectivity index (χ1) is 9.82. The molecule has 21 heavy (non-hydrogen) atoms. The number of piperazine rings is 1. The lowest BCUT2D eigenvalue weighted by Crippen LogP contribution is -2.59. The van der Waals surface area contributed by atoms with E-state index < -0.39 is 0 Å². The average molecular weight is 294 g/mol. The largest absolute Gasteiger partial charge is 0.491 e. The first-order valence-corrected chi connectivity index (χ1v) is 7.75. The Morgan fingerprint density at radius 1 is 1.38 bits per heavy atom. The van der Waals surface area contributed by atoms with E-state index in [0.29, 0.717) is 24.4 Å². The van der Waals surface area contributed by atoms with Gasteiger partial charge in [0.05, 0.1) is 6.61 Å². The summed E-state index contributed by atoms with van der Waals surface area (Å²) in [6.45, 7) is 13.0. The van der Waals surface area contributed by atoms with Crippen LogP contribution in [0.5, 0.6) is 5.75 Å². The zero-order valence-electron chi connectivity index (χ0n) is 13.7. The van der Waals surface area contributed by atoms with Crippen LogP contribution in [0, 0.1) is 11.2 Å². The van der Waals surface area contributed by atoms with Crippen LogP contribution in [0.15, 0.2) is 18.2 Å². The fraction of sp³-hybridized carbons (Fsp3) is 0.647. The van der Waals surface area contributed by atoms with E-state index in [2.05, 4.69) is 37.9 Å². The van der Waals surface area contributed by atoms with Gasteiger partial charge in [0.25, 0.3) is 0 Å². The van der Waals surface area contributed by atoms with Crippen LogP contribution in [0.1, 0.15) is 34.6 Å². The van der Waals surface area contributed by atoms with Crippen molar-refractivity contribution in [1.29, 1.82) is 0 Å². The summed E-state index contributed by atoms with van der Waals surface area (Å²) in [4.78, 5) is 2.28. The molecule has 0 spiro atoms. The molecule has 2 atom stereocenters. The van der Waals surface area contributed by atoms with Gasteiger partial charge in [-0.2, -0.15) is 0 Å². The summed E-state index contributed by atoms with van der Waals surface area (Å²) in [5.74, 6) is 0.0452. The van der Waals surface area contributed by atoms with Crippen molar-refractivity contribution in [2.75, 3.05) is 24.6 Å². The van der Waals surface area contributed by atoms with Crippen LogP contribution in [0.25, 0.3) is 0 Å². The Hall–Kier alpha value is -1.29. The predicted molar refractivity (Wildman–Crippen MR) is 85.6 cm³/mol. The molecule has 1 aliphatic rings. The standard InChI is InChI=1S/C17H27FN2O/c1-6-21-15-8-7-13(9-14(15)18)20-11-16(17(3,4)5)19-10-12(20)2/h7-9,12,16,19H,6,10-11H2,1-5H3. The summed E-state index contributed by atoms with van der Waals surface area (Å²) in [5.41, 5.74) is 1.11. The number of benzene rings is 1. The first kappa shape index (κ1) is 16.1. The molecule has 1 fully saturated rings. The van der Waals surface area contributed by atoms with Crippen molar-refractivity contribution in [2.45, 2.75) is 46.7 Å². The Balaban J connectivity index is 2.21. The summed E-state index contributed by atoms with van der Waals surface area (Å²) in [7, 11) is 0. The van der Waals surface area contributed by atoms with Gasteiger partial charge in [-0.1, -0.05) is 20.8 Å². The third-order valence-corrected chi connectivity index (χ3v) is 4.16. The first-order valence-electron chi connectivity index (χ1n) is 7.75. The van der Waals surface area contributed by atoms with E-state index in [1.54, 1.807) is 12.1 Å². The molecule has 0 aliphatic carbocycles. The minimum atomic E-state index is -0.285. The number of halogens is 1. The fourth-order valence-corrected chi connectivity index (χ4v) is 2.75. The van der Waals surface area contributed by atoms with Crippen LogP contribution in [-0.2, 0) is 0 Å². The van der Waals surface area contributed by atoms with Crippen LogP contribution in [0.4, 0.5) is 10.1 Å². The molecule has 0 saturated carbocycles. The highest BCUT2D eigenvalue weighted by molar-refractivity contribution is 5.51. The summed E-state index contributed by atoms with van der Waals surface area (Å²) in [6.07, 6.45) is 0. The number of hydrogen-bond acceptors (Lipinski definition) is 3. The molecule has 1 aliphatic heterocycles. The minimum Gasteiger partial charge on any atom is -0.491 e. The molecular weight excluding hydrogens is 267 g/mol. The molecule has 2 rings (SSSR count). The molecule has 3 nitrogen and oxygen atoms in total. The number of hydrogen-bond donors (Lipinski definition) is 1. The Morgan fingerprint density at radius 2 is 2.10 bits per heavy atom. The topological polar surface area (TPSA) is 24.5 Å². The van der Waals surface area contributed by atoms with Crippen molar-refractivity contribution in [2.24, 2.45) is 5.41 Å². The number of nitrogens with zero attached hydrogens (tertiary/aromatic N) is 1. The van der Waals surface area contributed by atoms with Crippen LogP contribution < -0.4 is 15.0 Å². The summed E-state index contributed by atoms with van der Waals surface area (Å²) >= 11 is 0. The van der Waals surface area contributed by atoms with Crippen LogP contribution >= 0.6 is 0 Å². The zero-order valence-corrected chi connectivity index (χ0v) is 13.7. The van der Waals surface area contributed by atoms with Gasteiger partial charge in [-0.05, 0) is 31.4 Å². The summed E-state index contributed by atoms with van der Waals surface area (Å²) in [6, 6.07) is 6.02. The van der Waals surface area contributed by atoms with Crippen LogP contribution in [0.2, 0.25) is 0 Å². The second-order valence-electron chi connectivity index (χ2n) is 6.88. The molecule has 1 saturated heterocycles. The van der Waals surface area contributed by atoms with E-state index in [-0.39, 0.29) is 11.2 Å². The smallest absolute Gasteiger partial charge is 0.167 e. The van der Waals surface area contributed by atoms with Crippen molar-refractivity contribution in [3.63, 3.8) is 0 Å². The molecule has 1 heterocycles. The van der Waals surface area contributed by atoms with Crippen molar-refractivity contribution >= 4 is 5.69 Å². The molecule has 0 radical (unpaired) electrons. The second kappa shape index (κ2) is 6.22. The molecule has 1 aromatic rings. The molecule has 4 heteroatoms. The van der Waals surface area contributed by atoms with Crippen LogP contribution in [0.3, 0.4) is 0 Å². The van der Waals surface area contributed by atoms with Crippen LogP contribution in [-0.4, -0.2) is 31.8 Å². The minimum absolute atomic E-state index is 0.183. The van der Waals surface area contributed by atoms with Crippen molar-refractivity contribution < 1.29 is 9.13 Å². The molecule has 2 unspecified atom stereocenters. The van der Waals surface area contributed by atoms with Gasteiger partial charge >= 0.3 is 0 Å².